The second-order valence-electron chi connectivity index (χ2n) is 4.31. The van der Waals surface area contributed by atoms with Crippen LogP contribution < -0.4 is 0 Å². The van der Waals surface area contributed by atoms with Gasteiger partial charge in [0.05, 0.1) is 11.3 Å². The van der Waals surface area contributed by atoms with Crippen LogP contribution in [0.4, 0.5) is 10.1 Å². The molecule has 0 aliphatic heterocycles. The van der Waals surface area contributed by atoms with E-state index in [0.717, 1.165) is 15.4 Å². The molecule has 0 radical (unpaired) electrons. The van der Waals surface area contributed by atoms with Gasteiger partial charge in [-0.1, -0.05) is 15.9 Å². The van der Waals surface area contributed by atoms with E-state index in [4.69, 9.17) is 0 Å². The first-order valence-corrected chi connectivity index (χ1v) is 6.72. The fourth-order valence-corrected chi connectivity index (χ4v) is 2.33. The van der Waals surface area contributed by atoms with E-state index in [0.29, 0.717) is 11.3 Å². The molecule has 0 saturated heterocycles. The average Bonchev–Trinajstić information content (AvgIpc) is 2.73. The zero-order valence-corrected chi connectivity index (χ0v) is 11.9. The van der Waals surface area contributed by atoms with Crippen molar-refractivity contribution in [1.82, 2.24) is 4.98 Å². The van der Waals surface area contributed by atoms with Gasteiger partial charge in [-0.2, -0.15) is 0 Å². The molecule has 0 fully saturated rings. The van der Waals surface area contributed by atoms with Crippen LogP contribution in [0.25, 0.3) is 10.9 Å². The molecule has 20 heavy (non-hydrogen) atoms. The lowest BCUT2D eigenvalue weighted by atomic mass is 10.2. The fraction of sp³-hybridized carbons (Fsp3) is 0. The molecule has 1 aromatic heterocycles. The number of aromatic nitrogens is 1. The molecule has 3 rings (SSSR count). The van der Waals surface area contributed by atoms with E-state index >= 15 is 0 Å². The number of fused-ring (bicyclic) bond motifs is 1. The molecule has 0 aliphatic carbocycles. The van der Waals surface area contributed by atoms with Gasteiger partial charge in [0.25, 0.3) is 0 Å². The quantitative estimate of drug-likeness (QED) is 0.665. The zero-order valence-electron chi connectivity index (χ0n) is 10.3. The maximum Gasteiger partial charge on any atom is 0.198 e. The Morgan fingerprint density at radius 3 is 2.65 bits per heavy atom. The lowest BCUT2D eigenvalue weighted by Crippen LogP contribution is -1.79. The summed E-state index contributed by atoms with van der Waals surface area (Å²) < 4.78 is 13.7. The number of nitrogens with one attached hydrogen (secondary N) is 1. The minimum absolute atomic E-state index is 0.0592. The van der Waals surface area contributed by atoms with Gasteiger partial charge < -0.3 is 10.1 Å². The molecule has 0 spiro atoms. The second-order valence-corrected chi connectivity index (χ2v) is 5.23. The molecule has 0 bridgehead atoms. The predicted octanol–water partition coefficient (Wildman–Crippen LogP) is 4.53. The van der Waals surface area contributed by atoms with E-state index in [-0.39, 0.29) is 11.7 Å². The smallest absolute Gasteiger partial charge is 0.198 e. The van der Waals surface area contributed by atoms with Crippen molar-refractivity contribution in [2.75, 3.05) is 0 Å². The second kappa shape index (κ2) is 5.09. The number of H-pyrrole nitrogens is 1. The van der Waals surface area contributed by atoms with E-state index in [1.807, 2.05) is 18.2 Å². The Kier molecular flexibility index (Phi) is 3.28. The van der Waals surface area contributed by atoms with Crippen molar-refractivity contribution >= 4 is 38.7 Å². The van der Waals surface area contributed by atoms with Gasteiger partial charge in [-0.3, -0.25) is 4.99 Å². The summed E-state index contributed by atoms with van der Waals surface area (Å²) in [7, 11) is 0. The van der Waals surface area contributed by atoms with Crippen LogP contribution in [0.5, 0.6) is 5.88 Å². The molecule has 100 valence electrons. The number of hydrogen-bond acceptors (Lipinski definition) is 2. The van der Waals surface area contributed by atoms with Gasteiger partial charge in [0.15, 0.2) is 5.88 Å². The lowest BCUT2D eigenvalue weighted by molar-refractivity contribution is 0.457. The van der Waals surface area contributed by atoms with Gasteiger partial charge in [-0.15, -0.1) is 0 Å². The van der Waals surface area contributed by atoms with Crippen LogP contribution in [0.15, 0.2) is 51.9 Å². The number of nitrogens with zero attached hydrogens (tertiary/aromatic N) is 1. The molecule has 3 nitrogen and oxygen atoms in total. The highest BCUT2D eigenvalue weighted by Crippen LogP contribution is 2.28. The van der Waals surface area contributed by atoms with E-state index < -0.39 is 0 Å². The van der Waals surface area contributed by atoms with Gasteiger partial charge in [0, 0.05) is 21.6 Å². The Hall–Kier alpha value is -2.14. The number of benzene rings is 2. The van der Waals surface area contributed by atoms with Crippen molar-refractivity contribution in [3.8, 4) is 5.88 Å². The number of aromatic hydroxyl groups is 1. The van der Waals surface area contributed by atoms with Crippen molar-refractivity contribution in [1.29, 1.82) is 0 Å². The number of halogens is 2. The topological polar surface area (TPSA) is 48.4 Å². The summed E-state index contributed by atoms with van der Waals surface area (Å²) in [6.45, 7) is 0. The monoisotopic (exact) mass is 332 g/mol. The summed E-state index contributed by atoms with van der Waals surface area (Å²) in [6, 6.07) is 11.5. The Morgan fingerprint density at radius 2 is 1.90 bits per heavy atom. The van der Waals surface area contributed by atoms with Crippen LogP contribution in [0, 0.1) is 5.82 Å². The van der Waals surface area contributed by atoms with Crippen LogP contribution >= 0.6 is 15.9 Å². The van der Waals surface area contributed by atoms with E-state index in [1.54, 1.807) is 18.3 Å². The standard InChI is InChI=1S/C15H10BrFN2O/c16-9-1-6-14-12(7-9)13(15(20)19-14)8-18-11-4-2-10(17)3-5-11/h1-8,19-20H. The van der Waals surface area contributed by atoms with Gasteiger partial charge in [-0.05, 0) is 42.5 Å². The summed E-state index contributed by atoms with van der Waals surface area (Å²) in [4.78, 5) is 7.13. The Balaban J connectivity index is 2.03. The van der Waals surface area contributed by atoms with Gasteiger partial charge >= 0.3 is 0 Å². The highest BCUT2D eigenvalue weighted by atomic mass is 79.9. The highest BCUT2D eigenvalue weighted by molar-refractivity contribution is 9.10. The molecule has 0 saturated carbocycles. The van der Waals surface area contributed by atoms with Crippen molar-refractivity contribution in [3.63, 3.8) is 0 Å². The van der Waals surface area contributed by atoms with Crippen molar-refractivity contribution in [2.24, 2.45) is 4.99 Å². The molecule has 3 aromatic rings. The van der Waals surface area contributed by atoms with E-state index in [2.05, 4.69) is 25.9 Å². The molecule has 0 atom stereocenters. The predicted molar refractivity (Wildman–Crippen MR) is 81.3 cm³/mol. The van der Waals surface area contributed by atoms with E-state index in [9.17, 15) is 9.50 Å². The molecular weight excluding hydrogens is 323 g/mol. The normalized spacial score (nSPS) is 11.5. The molecule has 2 N–H and O–H groups in total. The molecule has 2 aromatic carbocycles. The molecule has 1 heterocycles. The molecule has 0 amide bonds. The number of rotatable bonds is 2. The maximum absolute atomic E-state index is 12.8. The fourth-order valence-electron chi connectivity index (χ4n) is 1.97. The maximum atomic E-state index is 12.8. The Labute approximate surface area is 122 Å². The number of aliphatic imine (C=N–C) groups is 1. The summed E-state index contributed by atoms with van der Waals surface area (Å²) in [6.07, 6.45) is 1.56. The third-order valence-electron chi connectivity index (χ3n) is 2.95. The molecule has 0 unspecified atom stereocenters. The van der Waals surface area contributed by atoms with Crippen molar-refractivity contribution < 1.29 is 9.50 Å². The first-order valence-electron chi connectivity index (χ1n) is 5.93. The first-order chi connectivity index (χ1) is 9.63. The number of aromatic amines is 1. The SMILES string of the molecule is Oc1[nH]c2ccc(Br)cc2c1C=Nc1ccc(F)cc1. The third kappa shape index (κ3) is 2.44. The Bertz CT molecular complexity index is 793. The van der Waals surface area contributed by atoms with Crippen LogP contribution in [0.1, 0.15) is 5.56 Å². The zero-order chi connectivity index (χ0) is 14.1. The van der Waals surface area contributed by atoms with Crippen molar-refractivity contribution in [3.05, 3.63) is 58.3 Å². The largest absolute Gasteiger partial charge is 0.494 e. The minimum Gasteiger partial charge on any atom is -0.494 e. The van der Waals surface area contributed by atoms with Crippen LogP contribution in [0.2, 0.25) is 0 Å². The van der Waals surface area contributed by atoms with Gasteiger partial charge in [-0.25, -0.2) is 4.39 Å². The van der Waals surface area contributed by atoms with Gasteiger partial charge in [0.2, 0.25) is 0 Å². The third-order valence-corrected chi connectivity index (χ3v) is 3.44. The van der Waals surface area contributed by atoms with Crippen molar-refractivity contribution in [2.45, 2.75) is 0 Å². The Morgan fingerprint density at radius 1 is 1.15 bits per heavy atom. The minimum atomic E-state index is -0.303. The summed E-state index contributed by atoms with van der Waals surface area (Å²) in [5.74, 6) is -0.244. The number of hydrogen-bond donors (Lipinski definition) is 2. The van der Waals surface area contributed by atoms with Crippen LogP contribution in [-0.4, -0.2) is 16.3 Å². The molecular formula is C15H10BrFN2O. The van der Waals surface area contributed by atoms with E-state index in [1.165, 1.54) is 12.1 Å². The lowest BCUT2D eigenvalue weighted by Gasteiger charge is -1.95. The van der Waals surface area contributed by atoms with Gasteiger partial charge in [0.1, 0.15) is 5.82 Å². The van der Waals surface area contributed by atoms with Crippen LogP contribution in [0.3, 0.4) is 0 Å². The average molecular weight is 333 g/mol. The summed E-state index contributed by atoms with van der Waals surface area (Å²) in [5.41, 5.74) is 2.05. The summed E-state index contributed by atoms with van der Waals surface area (Å²) in [5, 5.41) is 10.8. The molecule has 5 heteroatoms. The first kappa shape index (κ1) is 12.9. The summed E-state index contributed by atoms with van der Waals surface area (Å²) >= 11 is 3.40. The van der Waals surface area contributed by atoms with Crippen LogP contribution in [-0.2, 0) is 0 Å². The highest BCUT2D eigenvalue weighted by Gasteiger charge is 2.08. The molecule has 0 aliphatic rings.